The maximum absolute atomic E-state index is 12.1. The minimum Gasteiger partial charge on any atom is -0.333 e. The lowest BCUT2D eigenvalue weighted by molar-refractivity contribution is 0.235. The number of nitrogens with zero attached hydrogens (tertiary/aromatic N) is 1. The van der Waals surface area contributed by atoms with E-state index in [4.69, 9.17) is 0 Å². The van der Waals surface area contributed by atoms with E-state index in [1.54, 1.807) is 22.7 Å². The Hall–Kier alpha value is -1.40. The third-order valence-electron chi connectivity index (χ3n) is 3.66. The van der Waals surface area contributed by atoms with Gasteiger partial charge in [0.2, 0.25) is 0 Å². The van der Waals surface area contributed by atoms with Crippen molar-refractivity contribution in [1.82, 2.24) is 15.6 Å². The summed E-state index contributed by atoms with van der Waals surface area (Å²) in [5.41, 5.74) is 2.26. The van der Waals surface area contributed by atoms with Crippen molar-refractivity contribution in [3.05, 3.63) is 38.0 Å². The number of urea groups is 1. The van der Waals surface area contributed by atoms with Crippen LogP contribution >= 0.6 is 22.7 Å². The Morgan fingerprint density at radius 2 is 2.24 bits per heavy atom. The second-order valence-electron chi connectivity index (χ2n) is 5.50. The first-order valence-corrected chi connectivity index (χ1v) is 8.89. The lowest BCUT2D eigenvalue weighted by atomic mass is 10.2. The summed E-state index contributed by atoms with van der Waals surface area (Å²) in [6.07, 6.45) is 2.35. The molecule has 112 valence electrons. The van der Waals surface area contributed by atoms with Gasteiger partial charge in [0.25, 0.3) is 0 Å². The average Bonchev–Trinajstić information content (AvgIpc) is 3.08. The first-order chi connectivity index (χ1) is 10.1. The van der Waals surface area contributed by atoms with Gasteiger partial charge in [-0.25, -0.2) is 9.78 Å². The van der Waals surface area contributed by atoms with E-state index < -0.39 is 0 Å². The van der Waals surface area contributed by atoms with Gasteiger partial charge in [0, 0.05) is 16.0 Å². The van der Waals surface area contributed by atoms with Crippen LogP contribution in [0.3, 0.4) is 0 Å². The lowest BCUT2D eigenvalue weighted by Gasteiger charge is -2.16. The smallest absolute Gasteiger partial charge is 0.315 e. The van der Waals surface area contributed by atoms with Crippen LogP contribution in [0, 0.1) is 19.8 Å². The standard InChI is InChI=1S/C15H19N3OS2/c1-9-5-6-20-12(9)7-16-15(19)18-13(11-3-4-11)14-17-10(2)8-21-14/h5-6,8,11,13H,3-4,7H2,1-2H3,(H2,16,18,19)/t13-/m0/s1. The van der Waals surface area contributed by atoms with Gasteiger partial charge in [-0.1, -0.05) is 0 Å². The van der Waals surface area contributed by atoms with Crippen molar-refractivity contribution in [2.45, 2.75) is 39.3 Å². The average molecular weight is 321 g/mol. The Kier molecular flexibility index (Phi) is 4.26. The molecule has 6 heteroatoms. The topological polar surface area (TPSA) is 54.0 Å². The number of thiazole rings is 1. The highest BCUT2D eigenvalue weighted by Gasteiger charge is 2.35. The molecule has 4 nitrogen and oxygen atoms in total. The fourth-order valence-corrected chi connectivity index (χ4v) is 4.05. The molecule has 3 rings (SSSR count). The van der Waals surface area contributed by atoms with E-state index in [9.17, 15) is 4.79 Å². The number of hydrogen-bond donors (Lipinski definition) is 2. The number of amides is 2. The van der Waals surface area contributed by atoms with E-state index in [1.807, 2.05) is 12.3 Å². The summed E-state index contributed by atoms with van der Waals surface area (Å²) in [6, 6.07) is 2.03. The molecule has 0 saturated heterocycles. The van der Waals surface area contributed by atoms with Crippen molar-refractivity contribution in [2.24, 2.45) is 5.92 Å². The zero-order chi connectivity index (χ0) is 14.8. The van der Waals surface area contributed by atoms with E-state index in [-0.39, 0.29) is 12.1 Å². The number of aryl methyl sites for hydroxylation is 2. The molecule has 0 spiro atoms. The number of carbonyl (C=O) groups is 1. The minimum absolute atomic E-state index is 0.0631. The van der Waals surface area contributed by atoms with Crippen molar-refractivity contribution >= 4 is 28.7 Å². The molecule has 2 heterocycles. The van der Waals surface area contributed by atoms with Gasteiger partial charge >= 0.3 is 6.03 Å². The van der Waals surface area contributed by atoms with E-state index in [1.165, 1.54) is 23.3 Å². The predicted molar refractivity (Wildman–Crippen MR) is 86.7 cm³/mol. The second kappa shape index (κ2) is 6.15. The van der Waals surface area contributed by atoms with Crippen molar-refractivity contribution in [3.8, 4) is 0 Å². The molecule has 2 aromatic heterocycles. The molecule has 1 saturated carbocycles. The molecule has 2 aromatic rings. The number of hydrogen-bond acceptors (Lipinski definition) is 4. The molecule has 1 fully saturated rings. The Labute approximate surface area is 132 Å². The van der Waals surface area contributed by atoms with E-state index in [2.05, 4.69) is 34.0 Å². The van der Waals surface area contributed by atoms with E-state index in [0.717, 1.165) is 10.7 Å². The van der Waals surface area contributed by atoms with Crippen LogP contribution in [-0.2, 0) is 6.54 Å². The lowest BCUT2D eigenvalue weighted by Crippen LogP contribution is -2.38. The molecule has 1 atom stereocenters. The quantitative estimate of drug-likeness (QED) is 0.880. The van der Waals surface area contributed by atoms with E-state index in [0.29, 0.717) is 12.5 Å². The number of rotatable bonds is 5. The molecular formula is C15H19N3OS2. The minimum atomic E-state index is -0.104. The van der Waals surface area contributed by atoms with Gasteiger partial charge in [-0.15, -0.1) is 22.7 Å². The van der Waals surface area contributed by atoms with Crippen molar-refractivity contribution in [3.63, 3.8) is 0 Å². The zero-order valence-corrected chi connectivity index (χ0v) is 13.8. The van der Waals surface area contributed by atoms with Crippen LogP contribution in [0.1, 0.15) is 40.0 Å². The molecule has 0 radical (unpaired) electrons. The monoisotopic (exact) mass is 321 g/mol. The zero-order valence-electron chi connectivity index (χ0n) is 12.2. The molecule has 0 aliphatic heterocycles. The maximum atomic E-state index is 12.1. The molecule has 21 heavy (non-hydrogen) atoms. The third-order valence-corrected chi connectivity index (χ3v) is 5.73. The molecule has 2 N–H and O–H groups in total. The molecule has 0 unspecified atom stereocenters. The molecule has 2 amide bonds. The highest BCUT2D eigenvalue weighted by molar-refractivity contribution is 7.10. The van der Waals surface area contributed by atoms with Crippen molar-refractivity contribution < 1.29 is 4.79 Å². The SMILES string of the molecule is Cc1csc([C@@H](NC(=O)NCc2sccc2C)C2CC2)n1. The van der Waals surface area contributed by atoms with Gasteiger partial charge in [-0.2, -0.15) is 0 Å². The first-order valence-electron chi connectivity index (χ1n) is 7.13. The molecule has 0 bridgehead atoms. The van der Waals surface area contributed by atoms with Crippen LogP contribution in [0.2, 0.25) is 0 Å². The van der Waals surface area contributed by atoms with Crippen LogP contribution in [0.25, 0.3) is 0 Å². The fraction of sp³-hybridized carbons (Fsp3) is 0.467. The van der Waals surface area contributed by atoms with Gasteiger partial charge < -0.3 is 10.6 Å². The van der Waals surface area contributed by atoms with E-state index >= 15 is 0 Å². The Balaban J connectivity index is 1.58. The summed E-state index contributed by atoms with van der Waals surface area (Å²) in [7, 11) is 0. The normalized spacial score (nSPS) is 15.7. The predicted octanol–water partition coefficient (Wildman–Crippen LogP) is 3.77. The van der Waals surface area contributed by atoms with Gasteiger partial charge in [-0.3, -0.25) is 0 Å². The number of carbonyl (C=O) groups excluding carboxylic acids is 1. The largest absolute Gasteiger partial charge is 0.333 e. The number of nitrogens with one attached hydrogen (secondary N) is 2. The Morgan fingerprint density at radius 1 is 1.43 bits per heavy atom. The number of aromatic nitrogens is 1. The summed E-state index contributed by atoms with van der Waals surface area (Å²) in [6.45, 7) is 4.64. The van der Waals surface area contributed by atoms with Gasteiger partial charge in [-0.05, 0) is 49.6 Å². The van der Waals surface area contributed by atoms with Crippen LogP contribution in [0.15, 0.2) is 16.8 Å². The molecular weight excluding hydrogens is 302 g/mol. The van der Waals surface area contributed by atoms with Crippen LogP contribution in [0.4, 0.5) is 4.79 Å². The number of thiophene rings is 1. The first kappa shape index (κ1) is 14.5. The summed E-state index contributed by atoms with van der Waals surface area (Å²) in [5.74, 6) is 0.546. The highest BCUT2D eigenvalue weighted by Crippen LogP contribution is 2.41. The second-order valence-corrected chi connectivity index (χ2v) is 7.39. The highest BCUT2D eigenvalue weighted by atomic mass is 32.1. The van der Waals surface area contributed by atoms with Crippen LogP contribution < -0.4 is 10.6 Å². The van der Waals surface area contributed by atoms with Gasteiger partial charge in [0.05, 0.1) is 12.6 Å². The summed E-state index contributed by atoms with van der Waals surface area (Å²) < 4.78 is 0. The Bertz CT molecular complexity index is 630. The Morgan fingerprint density at radius 3 is 2.81 bits per heavy atom. The summed E-state index contributed by atoms with van der Waals surface area (Å²) >= 11 is 3.31. The molecule has 0 aromatic carbocycles. The van der Waals surface area contributed by atoms with Crippen molar-refractivity contribution in [2.75, 3.05) is 0 Å². The molecule has 1 aliphatic rings. The van der Waals surface area contributed by atoms with Gasteiger partial charge in [0.1, 0.15) is 5.01 Å². The van der Waals surface area contributed by atoms with Crippen molar-refractivity contribution in [1.29, 1.82) is 0 Å². The van der Waals surface area contributed by atoms with Gasteiger partial charge in [0.15, 0.2) is 0 Å². The fourth-order valence-electron chi connectivity index (χ4n) is 2.26. The molecule has 1 aliphatic carbocycles. The van der Waals surface area contributed by atoms with Crippen LogP contribution in [0.5, 0.6) is 0 Å². The maximum Gasteiger partial charge on any atom is 0.315 e. The summed E-state index contributed by atoms with van der Waals surface area (Å²) in [4.78, 5) is 17.9. The van der Waals surface area contributed by atoms with Crippen LogP contribution in [-0.4, -0.2) is 11.0 Å². The third kappa shape index (κ3) is 3.63. The summed E-state index contributed by atoms with van der Waals surface area (Å²) in [5, 5.41) is 11.2.